The number of hydroxylamine groups is 2. The van der Waals surface area contributed by atoms with E-state index in [2.05, 4.69) is 5.32 Å². The van der Waals surface area contributed by atoms with Gasteiger partial charge >= 0.3 is 0 Å². The molecule has 2 amide bonds. The molecule has 0 fully saturated rings. The highest BCUT2D eigenvalue weighted by atomic mass is 16.7. The van der Waals surface area contributed by atoms with Crippen LogP contribution >= 0.6 is 0 Å². The molecule has 0 aliphatic heterocycles. The molecule has 0 aliphatic rings. The first-order valence-electron chi connectivity index (χ1n) is 8.36. The molecule has 0 aromatic heterocycles. The average Bonchev–Trinajstić information content (AvgIpc) is 2.58. The number of unbranched alkanes of at least 4 members (excludes halogenated alkanes) is 1. The van der Waals surface area contributed by atoms with Gasteiger partial charge in [0.2, 0.25) is 11.8 Å². The fraction of sp³-hybridized carbons (Fsp3) is 0.556. The van der Waals surface area contributed by atoms with Crippen LogP contribution in [0.5, 0.6) is 0 Å². The number of hydrogen-bond acceptors (Lipinski definition) is 4. The van der Waals surface area contributed by atoms with Crippen LogP contribution in [0.25, 0.3) is 0 Å². The van der Waals surface area contributed by atoms with E-state index >= 15 is 0 Å². The van der Waals surface area contributed by atoms with Crippen molar-refractivity contribution in [2.45, 2.75) is 38.6 Å². The van der Waals surface area contributed by atoms with Gasteiger partial charge in [-0.2, -0.15) is 5.06 Å². The van der Waals surface area contributed by atoms with Gasteiger partial charge in [0.25, 0.3) is 0 Å². The van der Waals surface area contributed by atoms with Crippen molar-refractivity contribution in [3.8, 4) is 0 Å². The Morgan fingerprint density at radius 1 is 1.29 bits per heavy atom. The van der Waals surface area contributed by atoms with E-state index < -0.39 is 11.9 Å². The topological polar surface area (TPSA) is 84.7 Å². The lowest BCUT2D eigenvalue weighted by molar-refractivity contribution is -0.140. The van der Waals surface area contributed by atoms with Gasteiger partial charge in [-0.3, -0.25) is 9.59 Å². The summed E-state index contributed by atoms with van der Waals surface area (Å²) >= 11 is 0. The lowest BCUT2D eigenvalue weighted by atomic mass is 9.97. The molecular weight excluding hydrogens is 306 g/mol. The molecule has 0 saturated heterocycles. The molecule has 1 aromatic carbocycles. The second-order valence-corrected chi connectivity index (χ2v) is 5.99. The van der Waals surface area contributed by atoms with Gasteiger partial charge in [0.15, 0.2) is 0 Å². The maximum absolute atomic E-state index is 12.7. The smallest absolute Gasteiger partial charge is 0.239 e. The van der Waals surface area contributed by atoms with Crippen LogP contribution in [-0.2, 0) is 20.8 Å². The second kappa shape index (κ2) is 10.8. The molecule has 1 aromatic rings. The monoisotopic (exact) mass is 335 g/mol. The van der Waals surface area contributed by atoms with E-state index in [9.17, 15) is 9.59 Å². The average molecular weight is 335 g/mol. The first-order chi connectivity index (χ1) is 11.5. The Bertz CT molecular complexity index is 507. The lowest BCUT2D eigenvalue weighted by Gasteiger charge is -2.24. The second-order valence-electron chi connectivity index (χ2n) is 5.99. The first kappa shape index (κ1) is 20.1. The van der Waals surface area contributed by atoms with Gasteiger partial charge in [0, 0.05) is 13.6 Å². The molecular formula is C18H29N3O3. The maximum atomic E-state index is 12.7. The van der Waals surface area contributed by atoms with Crippen LogP contribution in [0.15, 0.2) is 30.3 Å². The predicted octanol–water partition coefficient (Wildman–Crippen LogP) is 1.50. The predicted molar refractivity (Wildman–Crippen MR) is 93.9 cm³/mol. The number of hydrogen-bond donors (Lipinski definition) is 2. The van der Waals surface area contributed by atoms with Crippen LogP contribution in [0.3, 0.4) is 0 Å². The number of amides is 2. The zero-order valence-electron chi connectivity index (χ0n) is 14.8. The lowest BCUT2D eigenvalue weighted by Crippen LogP contribution is -2.48. The van der Waals surface area contributed by atoms with Crippen LogP contribution in [0.1, 0.15) is 31.7 Å². The van der Waals surface area contributed by atoms with Crippen LogP contribution in [0.4, 0.5) is 0 Å². The van der Waals surface area contributed by atoms with Gasteiger partial charge in [-0.05, 0) is 18.4 Å². The van der Waals surface area contributed by atoms with Crippen LogP contribution in [0, 0.1) is 5.92 Å². The van der Waals surface area contributed by atoms with E-state index in [1.165, 1.54) is 0 Å². The Labute approximate surface area is 144 Å². The summed E-state index contributed by atoms with van der Waals surface area (Å²) < 4.78 is 0. The van der Waals surface area contributed by atoms with E-state index in [1.54, 1.807) is 19.2 Å². The van der Waals surface area contributed by atoms with Gasteiger partial charge in [-0.1, -0.05) is 50.1 Å². The number of benzene rings is 1. The molecule has 0 spiro atoms. The minimum atomic E-state index is -0.622. The summed E-state index contributed by atoms with van der Waals surface area (Å²) in [6.07, 6.45) is 2.92. The standard InChI is InChI=1S/C18H29N3O3/c1-4-5-11-16(17(19)22)20-18(23)15(13-21(2)24-3)12-14-9-7-6-8-10-14/h6-10,15-16H,4-5,11-13H2,1-3H3,(H2,19,22)(H,20,23)/t15?,16-/m0/s1. The van der Waals surface area contributed by atoms with Crippen LogP contribution < -0.4 is 11.1 Å². The van der Waals surface area contributed by atoms with Crippen molar-refractivity contribution >= 4 is 11.8 Å². The van der Waals surface area contributed by atoms with Crippen molar-refractivity contribution in [3.05, 3.63) is 35.9 Å². The minimum absolute atomic E-state index is 0.178. The van der Waals surface area contributed by atoms with Gasteiger partial charge in [0.1, 0.15) is 6.04 Å². The van der Waals surface area contributed by atoms with E-state index in [0.717, 1.165) is 18.4 Å². The van der Waals surface area contributed by atoms with Crippen molar-refractivity contribution in [2.75, 3.05) is 20.7 Å². The van der Waals surface area contributed by atoms with E-state index in [4.69, 9.17) is 10.6 Å². The third-order valence-corrected chi connectivity index (χ3v) is 3.99. The highest BCUT2D eigenvalue weighted by molar-refractivity contribution is 5.87. The summed E-state index contributed by atoms with van der Waals surface area (Å²) in [5.41, 5.74) is 6.48. The zero-order valence-corrected chi connectivity index (χ0v) is 14.8. The number of rotatable bonds is 11. The number of primary amides is 1. The minimum Gasteiger partial charge on any atom is -0.368 e. The summed E-state index contributed by atoms with van der Waals surface area (Å²) in [5, 5.41) is 4.41. The number of nitrogens with two attached hydrogens (primary N) is 1. The first-order valence-corrected chi connectivity index (χ1v) is 8.36. The molecule has 6 heteroatoms. The van der Waals surface area contributed by atoms with Crippen molar-refractivity contribution < 1.29 is 14.4 Å². The molecule has 2 atom stereocenters. The molecule has 3 N–H and O–H groups in total. The third-order valence-electron chi connectivity index (χ3n) is 3.99. The van der Waals surface area contributed by atoms with Gasteiger partial charge in [-0.25, -0.2) is 0 Å². The quantitative estimate of drug-likeness (QED) is 0.600. The summed E-state index contributed by atoms with van der Waals surface area (Å²) in [6, 6.07) is 9.16. The molecule has 1 rings (SSSR count). The molecule has 6 nitrogen and oxygen atoms in total. The SMILES string of the molecule is CCCC[C@H](NC(=O)C(Cc1ccccc1)CN(C)OC)C(N)=O. The molecule has 134 valence electrons. The molecule has 1 unspecified atom stereocenters. The summed E-state index contributed by atoms with van der Waals surface area (Å²) in [6.45, 7) is 2.46. The summed E-state index contributed by atoms with van der Waals surface area (Å²) in [5.74, 6) is -1.00. The van der Waals surface area contributed by atoms with E-state index in [1.807, 2.05) is 37.3 Å². The zero-order chi connectivity index (χ0) is 17.9. The maximum Gasteiger partial charge on any atom is 0.239 e. The fourth-order valence-electron chi connectivity index (χ4n) is 2.51. The van der Waals surface area contributed by atoms with Crippen molar-refractivity contribution in [1.82, 2.24) is 10.4 Å². The summed E-state index contributed by atoms with van der Waals surface area (Å²) in [4.78, 5) is 29.4. The van der Waals surface area contributed by atoms with Crippen molar-refractivity contribution in [1.29, 1.82) is 0 Å². The van der Waals surface area contributed by atoms with E-state index in [0.29, 0.717) is 19.4 Å². The van der Waals surface area contributed by atoms with E-state index in [-0.39, 0.29) is 11.8 Å². The van der Waals surface area contributed by atoms with Gasteiger partial charge in [-0.15, -0.1) is 0 Å². The van der Waals surface area contributed by atoms with Crippen molar-refractivity contribution in [2.24, 2.45) is 11.7 Å². The Balaban J connectivity index is 2.79. The molecule has 0 heterocycles. The summed E-state index contributed by atoms with van der Waals surface area (Å²) in [7, 11) is 3.33. The fourth-order valence-corrected chi connectivity index (χ4v) is 2.51. The normalized spacial score (nSPS) is 13.5. The molecule has 0 bridgehead atoms. The molecule has 0 aliphatic carbocycles. The third kappa shape index (κ3) is 7.10. The Morgan fingerprint density at radius 3 is 2.50 bits per heavy atom. The Hall–Kier alpha value is -1.92. The van der Waals surface area contributed by atoms with Crippen molar-refractivity contribution in [3.63, 3.8) is 0 Å². The van der Waals surface area contributed by atoms with Gasteiger partial charge < -0.3 is 15.9 Å². The van der Waals surface area contributed by atoms with Crippen LogP contribution in [-0.4, -0.2) is 43.6 Å². The largest absolute Gasteiger partial charge is 0.368 e. The Morgan fingerprint density at radius 2 is 1.96 bits per heavy atom. The number of carbonyl (C=O) groups is 2. The highest BCUT2D eigenvalue weighted by Gasteiger charge is 2.25. The molecule has 0 radical (unpaired) electrons. The number of carbonyl (C=O) groups excluding carboxylic acids is 2. The van der Waals surface area contributed by atoms with Gasteiger partial charge in [0.05, 0.1) is 13.0 Å². The molecule has 0 saturated carbocycles. The van der Waals surface area contributed by atoms with Crippen LogP contribution in [0.2, 0.25) is 0 Å². The molecule has 24 heavy (non-hydrogen) atoms. The Kier molecular flexibility index (Phi) is 9.04. The highest BCUT2D eigenvalue weighted by Crippen LogP contribution is 2.12. The number of nitrogens with zero attached hydrogens (tertiary/aromatic N) is 1. The number of nitrogens with one attached hydrogen (secondary N) is 1.